The maximum Gasteiger partial charge on any atom is 0.326 e. The van der Waals surface area contributed by atoms with Gasteiger partial charge in [0.2, 0.25) is 0 Å². The second-order valence-corrected chi connectivity index (χ2v) is 4.55. The van der Waals surface area contributed by atoms with Crippen molar-refractivity contribution in [3.05, 3.63) is 24.3 Å². The summed E-state index contributed by atoms with van der Waals surface area (Å²) in [5.41, 5.74) is 0.551. The molecular formula is C14H18N2O4. The Hall–Kier alpha value is -2.24. The molecule has 20 heavy (non-hydrogen) atoms. The summed E-state index contributed by atoms with van der Waals surface area (Å²) in [6.07, 6.45) is 1.20. The van der Waals surface area contributed by atoms with E-state index in [-0.39, 0.29) is 0 Å². The Labute approximate surface area is 117 Å². The first-order valence-electron chi connectivity index (χ1n) is 6.65. The molecule has 0 unspecified atom stereocenters. The molecule has 0 bridgehead atoms. The molecule has 6 heteroatoms. The van der Waals surface area contributed by atoms with Crippen molar-refractivity contribution in [1.29, 1.82) is 0 Å². The minimum absolute atomic E-state index is 0.401. The third kappa shape index (κ3) is 3.01. The van der Waals surface area contributed by atoms with E-state index in [1.165, 1.54) is 4.90 Å². The molecule has 0 radical (unpaired) electrons. The Balaban J connectivity index is 2.10. The summed E-state index contributed by atoms with van der Waals surface area (Å²) in [5.74, 6) is -0.384. The van der Waals surface area contributed by atoms with Crippen LogP contribution in [0.4, 0.5) is 10.5 Å². The molecule has 1 atom stereocenters. The molecule has 2 N–H and O–H groups in total. The second kappa shape index (κ2) is 6.27. The fraction of sp³-hybridized carbons (Fsp3) is 0.429. The lowest BCUT2D eigenvalue weighted by atomic mass is 10.2. The molecule has 1 aromatic carbocycles. The Morgan fingerprint density at radius 1 is 1.45 bits per heavy atom. The highest BCUT2D eigenvalue weighted by atomic mass is 16.5. The Kier molecular flexibility index (Phi) is 4.45. The van der Waals surface area contributed by atoms with Crippen molar-refractivity contribution in [3.63, 3.8) is 0 Å². The number of carbonyl (C=O) groups excluding carboxylic acids is 1. The van der Waals surface area contributed by atoms with Crippen molar-refractivity contribution in [3.8, 4) is 5.75 Å². The summed E-state index contributed by atoms with van der Waals surface area (Å²) < 4.78 is 5.43. The van der Waals surface area contributed by atoms with Crippen molar-refractivity contribution in [2.24, 2.45) is 0 Å². The van der Waals surface area contributed by atoms with Gasteiger partial charge in [0.05, 0.1) is 12.3 Å². The van der Waals surface area contributed by atoms with Gasteiger partial charge < -0.3 is 20.1 Å². The van der Waals surface area contributed by atoms with Crippen LogP contribution in [0.25, 0.3) is 0 Å². The predicted molar refractivity (Wildman–Crippen MR) is 74.0 cm³/mol. The number of aliphatic carboxylic acids is 1. The average molecular weight is 278 g/mol. The van der Waals surface area contributed by atoms with Crippen molar-refractivity contribution < 1.29 is 19.4 Å². The summed E-state index contributed by atoms with van der Waals surface area (Å²) in [5, 5.41) is 11.8. The van der Waals surface area contributed by atoms with Gasteiger partial charge in [-0.05, 0) is 31.9 Å². The SMILES string of the molecule is CCOc1ccccc1NC(=O)N1CCC[C@@H]1C(=O)O. The van der Waals surface area contributed by atoms with Gasteiger partial charge in [-0.25, -0.2) is 9.59 Å². The zero-order valence-corrected chi connectivity index (χ0v) is 11.3. The van der Waals surface area contributed by atoms with E-state index in [0.29, 0.717) is 37.4 Å². The van der Waals surface area contributed by atoms with Crippen molar-refractivity contribution in [2.75, 3.05) is 18.5 Å². The van der Waals surface area contributed by atoms with Gasteiger partial charge in [0.1, 0.15) is 11.8 Å². The topological polar surface area (TPSA) is 78.9 Å². The summed E-state index contributed by atoms with van der Waals surface area (Å²) in [4.78, 5) is 24.6. The first-order chi connectivity index (χ1) is 9.63. The van der Waals surface area contributed by atoms with Gasteiger partial charge in [-0.3, -0.25) is 0 Å². The Morgan fingerprint density at radius 2 is 2.20 bits per heavy atom. The molecule has 0 aromatic heterocycles. The molecule has 1 aliphatic heterocycles. The van der Waals surface area contributed by atoms with Gasteiger partial charge in [0.25, 0.3) is 0 Å². The number of hydrogen-bond donors (Lipinski definition) is 2. The molecule has 1 aromatic rings. The fourth-order valence-electron chi connectivity index (χ4n) is 2.30. The maximum absolute atomic E-state index is 12.2. The van der Waals surface area contributed by atoms with Crippen LogP contribution >= 0.6 is 0 Å². The van der Waals surface area contributed by atoms with Crippen LogP contribution in [0.5, 0.6) is 5.75 Å². The van der Waals surface area contributed by atoms with Crippen LogP contribution < -0.4 is 10.1 Å². The van der Waals surface area contributed by atoms with E-state index in [1.807, 2.05) is 13.0 Å². The molecule has 0 saturated carbocycles. The van der Waals surface area contributed by atoms with E-state index >= 15 is 0 Å². The molecule has 1 fully saturated rings. The molecule has 2 rings (SSSR count). The van der Waals surface area contributed by atoms with Gasteiger partial charge in [-0.1, -0.05) is 12.1 Å². The van der Waals surface area contributed by atoms with Crippen LogP contribution in [-0.4, -0.2) is 41.2 Å². The van der Waals surface area contributed by atoms with Gasteiger partial charge in [0.15, 0.2) is 0 Å². The highest BCUT2D eigenvalue weighted by molar-refractivity contribution is 5.93. The minimum Gasteiger partial charge on any atom is -0.492 e. The number of amides is 2. The quantitative estimate of drug-likeness (QED) is 0.884. The van der Waals surface area contributed by atoms with Crippen LogP contribution in [0, 0.1) is 0 Å². The second-order valence-electron chi connectivity index (χ2n) is 4.55. The Bertz CT molecular complexity index is 504. The number of ether oxygens (including phenoxy) is 1. The molecule has 1 aliphatic rings. The normalized spacial score (nSPS) is 17.9. The van der Waals surface area contributed by atoms with Crippen LogP contribution in [-0.2, 0) is 4.79 Å². The van der Waals surface area contributed by atoms with Crippen LogP contribution in [0.1, 0.15) is 19.8 Å². The molecule has 0 spiro atoms. The lowest BCUT2D eigenvalue weighted by molar-refractivity contribution is -0.141. The Morgan fingerprint density at radius 3 is 2.90 bits per heavy atom. The number of para-hydroxylation sites is 2. The van der Waals surface area contributed by atoms with E-state index in [0.717, 1.165) is 0 Å². The van der Waals surface area contributed by atoms with E-state index in [2.05, 4.69) is 5.32 Å². The number of rotatable bonds is 4. The number of nitrogens with one attached hydrogen (secondary N) is 1. The highest BCUT2D eigenvalue weighted by Crippen LogP contribution is 2.25. The number of benzene rings is 1. The maximum atomic E-state index is 12.2. The number of carboxylic acid groups (broad SMARTS) is 1. The van der Waals surface area contributed by atoms with E-state index in [1.54, 1.807) is 18.2 Å². The molecule has 0 aliphatic carbocycles. The molecule has 6 nitrogen and oxygen atoms in total. The first-order valence-corrected chi connectivity index (χ1v) is 6.65. The number of hydrogen-bond acceptors (Lipinski definition) is 3. The lowest BCUT2D eigenvalue weighted by Crippen LogP contribution is -2.42. The highest BCUT2D eigenvalue weighted by Gasteiger charge is 2.34. The number of nitrogens with zero attached hydrogens (tertiary/aromatic N) is 1. The monoisotopic (exact) mass is 278 g/mol. The number of carbonyl (C=O) groups is 2. The van der Waals surface area contributed by atoms with Gasteiger partial charge in [-0.15, -0.1) is 0 Å². The first kappa shape index (κ1) is 14.2. The van der Waals surface area contributed by atoms with Gasteiger partial charge in [-0.2, -0.15) is 0 Å². The number of likely N-dealkylation sites (tertiary alicyclic amines) is 1. The zero-order valence-electron chi connectivity index (χ0n) is 11.3. The number of urea groups is 1. The lowest BCUT2D eigenvalue weighted by Gasteiger charge is -2.22. The smallest absolute Gasteiger partial charge is 0.326 e. The molecular weight excluding hydrogens is 260 g/mol. The standard InChI is InChI=1S/C14H18N2O4/c1-2-20-12-8-4-3-6-10(12)15-14(19)16-9-5-7-11(16)13(17)18/h3-4,6,8,11H,2,5,7,9H2,1H3,(H,15,19)(H,17,18)/t11-/m1/s1. The molecule has 1 heterocycles. The summed E-state index contributed by atoms with van der Waals surface area (Å²) in [6.45, 7) is 2.81. The van der Waals surface area contributed by atoms with E-state index in [9.17, 15) is 9.59 Å². The van der Waals surface area contributed by atoms with Crippen molar-refractivity contribution in [1.82, 2.24) is 4.90 Å². The predicted octanol–water partition coefficient (Wildman–Crippen LogP) is 2.17. The zero-order chi connectivity index (χ0) is 14.5. The summed E-state index contributed by atoms with van der Waals surface area (Å²) in [6, 6.07) is 5.95. The van der Waals surface area contributed by atoms with Gasteiger partial charge >= 0.3 is 12.0 Å². The molecule has 108 valence electrons. The average Bonchev–Trinajstić information content (AvgIpc) is 2.91. The summed E-state index contributed by atoms with van der Waals surface area (Å²) >= 11 is 0. The van der Waals surface area contributed by atoms with E-state index < -0.39 is 18.0 Å². The van der Waals surface area contributed by atoms with E-state index in [4.69, 9.17) is 9.84 Å². The third-order valence-corrected chi connectivity index (χ3v) is 3.23. The van der Waals surface area contributed by atoms with Crippen LogP contribution in [0.2, 0.25) is 0 Å². The van der Waals surface area contributed by atoms with Crippen LogP contribution in [0.15, 0.2) is 24.3 Å². The number of carboxylic acids is 1. The van der Waals surface area contributed by atoms with Crippen LogP contribution in [0.3, 0.4) is 0 Å². The van der Waals surface area contributed by atoms with Crippen molar-refractivity contribution in [2.45, 2.75) is 25.8 Å². The van der Waals surface area contributed by atoms with Crippen molar-refractivity contribution >= 4 is 17.7 Å². The minimum atomic E-state index is -0.962. The number of anilines is 1. The third-order valence-electron chi connectivity index (χ3n) is 3.23. The fourth-order valence-corrected chi connectivity index (χ4v) is 2.30. The summed E-state index contributed by atoms with van der Waals surface area (Å²) in [7, 11) is 0. The van der Waals surface area contributed by atoms with Gasteiger partial charge in [0, 0.05) is 6.54 Å². The largest absolute Gasteiger partial charge is 0.492 e. The molecule has 1 saturated heterocycles. The molecule has 2 amide bonds.